The van der Waals surface area contributed by atoms with E-state index in [9.17, 15) is 13.2 Å². The van der Waals surface area contributed by atoms with E-state index in [1.807, 2.05) is 12.3 Å². The molecule has 2 saturated heterocycles. The van der Waals surface area contributed by atoms with Gasteiger partial charge in [0.25, 0.3) is 0 Å². The summed E-state index contributed by atoms with van der Waals surface area (Å²) in [5.41, 5.74) is 2.51. The largest absolute Gasteiger partial charge is 0.490 e. The summed E-state index contributed by atoms with van der Waals surface area (Å²) in [5.74, 6) is -1.50. The molecule has 2 aliphatic heterocycles. The van der Waals surface area contributed by atoms with Gasteiger partial charge >= 0.3 is 12.1 Å². The molecule has 0 atom stereocenters. The number of likely N-dealkylation sites (N-methyl/N-ethyl adjacent to an activating group) is 1. The van der Waals surface area contributed by atoms with Crippen molar-refractivity contribution in [1.29, 1.82) is 0 Å². The third-order valence-electron chi connectivity index (χ3n) is 6.19. The molecule has 3 N–H and O–H groups in total. The Morgan fingerprint density at radius 1 is 1.24 bits per heavy atom. The second kappa shape index (κ2) is 11.6. The molecule has 1 aromatic carbocycles. The van der Waals surface area contributed by atoms with E-state index in [0.29, 0.717) is 5.92 Å². The van der Waals surface area contributed by atoms with Crippen molar-refractivity contribution in [2.24, 2.45) is 0 Å². The number of carbonyl (C=O) groups is 1. The number of alkyl halides is 3. The number of hydrogen-bond donors (Lipinski definition) is 3. The molecular formula is C23H30F3N5O3. The maximum absolute atomic E-state index is 10.6. The molecule has 3 heterocycles. The van der Waals surface area contributed by atoms with Gasteiger partial charge in [-0.25, -0.2) is 14.8 Å². The third-order valence-corrected chi connectivity index (χ3v) is 6.19. The number of hydrogen-bond acceptors (Lipinski definition) is 7. The van der Waals surface area contributed by atoms with Crippen LogP contribution in [-0.4, -0.2) is 77.6 Å². The van der Waals surface area contributed by atoms with Gasteiger partial charge in [0, 0.05) is 57.0 Å². The monoisotopic (exact) mass is 481 g/mol. The van der Waals surface area contributed by atoms with Crippen LogP contribution in [-0.2, 0) is 16.1 Å². The number of nitrogens with zero attached hydrogens (tertiary/aromatic N) is 3. The van der Waals surface area contributed by atoms with Crippen molar-refractivity contribution in [3.05, 3.63) is 53.9 Å². The van der Waals surface area contributed by atoms with Crippen molar-refractivity contribution in [1.82, 2.24) is 20.2 Å². The van der Waals surface area contributed by atoms with Gasteiger partial charge < -0.3 is 20.5 Å². The summed E-state index contributed by atoms with van der Waals surface area (Å²) in [6, 6.07) is 12.7. The van der Waals surface area contributed by atoms with Crippen molar-refractivity contribution in [3.63, 3.8) is 0 Å². The molecule has 34 heavy (non-hydrogen) atoms. The first-order valence-electron chi connectivity index (χ1n) is 11.1. The lowest BCUT2D eigenvalue weighted by Gasteiger charge is -2.44. The molecular weight excluding hydrogens is 451 g/mol. The second-order valence-corrected chi connectivity index (χ2v) is 8.50. The highest BCUT2D eigenvalue weighted by molar-refractivity contribution is 5.73. The number of aliphatic carboxylic acids is 1. The van der Waals surface area contributed by atoms with Gasteiger partial charge in [0.15, 0.2) is 0 Å². The van der Waals surface area contributed by atoms with Crippen LogP contribution in [0.5, 0.6) is 0 Å². The molecule has 0 saturated carbocycles. The van der Waals surface area contributed by atoms with Crippen LogP contribution in [0.3, 0.4) is 0 Å². The lowest BCUT2D eigenvalue weighted by atomic mass is 9.87. The summed E-state index contributed by atoms with van der Waals surface area (Å²) in [6.07, 6.45) is -1.20. The number of rotatable bonds is 7. The maximum atomic E-state index is 10.6. The number of halogens is 3. The zero-order chi connectivity index (χ0) is 24.6. The minimum absolute atomic E-state index is 0.0471. The molecule has 0 bridgehead atoms. The highest BCUT2D eigenvalue weighted by Gasteiger charge is 2.38. The zero-order valence-corrected chi connectivity index (χ0v) is 19.0. The van der Waals surface area contributed by atoms with E-state index in [2.05, 4.69) is 57.9 Å². The van der Waals surface area contributed by atoms with Gasteiger partial charge in [0.05, 0.1) is 5.69 Å². The summed E-state index contributed by atoms with van der Waals surface area (Å²) >= 11 is 0. The molecule has 2 aromatic rings. The van der Waals surface area contributed by atoms with Gasteiger partial charge in [-0.1, -0.05) is 30.3 Å². The summed E-state index contributed by atoms with van der Waals surface area (Å²) in [5, 5.41) is 14.0. The van der Waals surface area contributed by atoms with E-state index < -0.39 is 12.1 Å². The molecule has 0 unspecified atom stereocenters. The first-order chi connectivity index (χ1) is 16.2. The Bertz CT molecular complexity index is 920. The van der Waals surface area contributed by atoms with Gasteiger partial charge in [0.2, 0.25) is 5.95 Å². The van der Waals surface area contributed by atoms with Crippen LogP contribution < -0.4 is 10.6 Å². The Morgan fingerprint density at radius 3 is 2.44 bits per heavy atom. The number of anilines is 1. The van der Waals surface area contributed by atoms with Gasteiger partial charge in [-0.2, -0.15) is 13.2 Å². The molecule has 0 spiro atoms. The first kappa shape index (κ1) is 25.9. The fourth-order valence-electron chi connectivity index (χ4n) is 3.90. The summed E-state index contributed by atoms with van der Waals surface area (Å²) in [4.78, 5) is 20.6. The smallest absolute Gasteiger partial charge is 0.475 e. The lowest BCUT2D eigenvalue weighted by Crippen LogP contribution is -2.54. The zero-order valence-electron chi connectivity index (χ0n) is 19.0. The first-order valence-corrected chi connectivity index (χ1v) is 11.1. The van der Waals surface area contributed by atoms with Crippen LogP contribution in [0, 0.1) is 0 Å². The fourth-order valence-corrected chi connectivity index (χ4v) is 3.90. The maximum Gasteiger partial charge on any atom is 0.490 e. The lowest BCUT2D eigenvalue weighted by molar-refractivity contribution is -0.192. The van der Waals surface area contributed by atoms with E-state index in [1.54, 1.807) is 0 Å². The van der Waals surface area contributed by atoms with Gasteiger partial charge in [-0.15, -0.1) is 0 Å². The minimum atomic E-state index is -5.08. The average molecular weight is 482 g/mol. The van der Waals surface area contributed by atoms with Crippen LogP contribution in [0.1, 0.15) is 30.0 Å². The van der Waals surface area contributed by atoms with Crippen LogP contribution >= 0.6 is 0 Å². The van der Waals surface area contributed by atoms with E-state index in [4.69, 9.17) is 19.6 Å². The van der Waals surface area contributed by atoms with Crippen molar-refractivity contribution in [2.45, 2.75) is 37.0 Å². The summed E-state index contributed by atoms with van der Waals surface area (Å²) < 4.78 is 37.4. The normalized spacial score (nSPS) is 17.9. The standard InChI is InChI=1S/C21H29N5O.C2HF3O2/c1-26(15-17-5-3-2-4-6-17)21(8-11-27-12-9-21)16-24-20-23-10-7-19(25-20)18-13-22-14-18;3-2(4,5)1(6)7/h2-7,10,18,22H,8-9,11-16H2,1H3,(H,23,24,25);(H,6,7). The Morgan fingerprint density at radius 2 is 1.88 bits per heavy atom. The predicted molar refractivity (Wildman–Crippen MR) is 121 cm³/mol. The molecule has 2 fully saturated rings. The Kier molecular flexibility index (Phi) is 8.81. The fraction of sp³-hybridized carbons (Fsp3) is 0.522. The molecule has 4 rings (SSSR count). The summed E-state index contributed by atoms with van der Waals surface area (Å²) in [6.45, 7) is 5.38. The Balaban J connectivity index is 0.000000406. The Labute approximate surface area is 196 Å². The summed E-state index contributed by atoms with van der Waals surface area (Å²) in [7, 11) is 2.22. The molecule has 1 aromatic heterocycles. The van der Waals surface area contributed by atoms with Gasteiger partial charge in [-0.3, -0.25) is 4.90 Å². The van der Waals surface area contributed by atoms with Crippen molar-refractivity contribution >= 4 is 11.9 Å². The van der Waals surface area contributed by atoms with Crippen molar-refractivity contribution < 1.29 is 27.8 Å². The number of ether oxygens (including phenoxy) is 1. The van der Waals surface area contributed by atoms with Crippen LogP contribution in [0.2, 0.25) is 0 Å². The molecule has 0 amide bonds. The van der Waals surface area contributed by atoms with Gasteiger partial charge in [0.1, 0.15) is 0 Å². The molecule has 2 aliphatic rings. The van der Waals surface area contributed by atoms with E-state index in [1.165, 1.54) is 5.56 Å². The SMILES string of the molecule is CN(Cc1ccccc1)C1(CNc2nccc(C3CNC3)n2)CCOCC1.O=C(O)C(F)(F)F. The molecule has 8 nitrogen and oxygen atoms in total. The van der Waals surface area contributed by atoms with Crippen molar-refractivity contribution in [3.8, 4) is 0 Å². The average Bonchev–Trinajstić information content (AvgIpc) is 2.78. The predicted octanol–water partition coefficient (Wildman–Crippen LogP) is 2.89. The van der Waals surface area contributed by atoms with E-state index in [0.717, 1.165) is 63.9 Å². The van der Waals surface area contributed by atoms with Crippen molar-refractivity contribution in [2.75, 3.05) is 45.2 Å². The van der Waals surface area contributed by atoms with E-state index in [-0.39, 0.29) is 5.54 Å². The van der Waals surface area contributed by atoms with Crippen LogP contribution in [0.15, 0.2) is 42.6 Å². The molecule has 186 valence electrons. The highest BCUT2D eigenvalue weighted by Crippen LogP contribution is 2.29. The van der Waals surface area contributed by atoms with Crippen LogP contribution in [0.4, 0.5) is 19.1 Å². The number of aromatic nitrogens is 2. The topological polar surface area (TPSA) is 99.6 Å². The highest BCUT2D eigenvalue weighted by atomic mass is 19.4. The number of carboxylic acids is 1. The third kappa shape index (κ3) is 7.12. The quantitative estimate of drug-likeness (QED) is 0.555. The minimum Gasteiger partial charge on any atom is -0.475 e. The second-order valence-electron chi connectivity index (χ2n) is 8.50. The van der Waals surface area contributed by atoms with Gasteiger partial charge in [-0.05, 0) is 31.5 Å². The van der Waals surface area contributed by atoms with E-state index >= 15 is 0 Å². The number of nitrogens with one attached hydrogen (secondary N) is 2. The molecule has 0 radical (unpaired) electrons. The number of benzene rings is 1. The number of carboxylic acid groups (broad SMARTS) is 1. The molecule has 0 aliphatic carbocycles. The Hall–Kier alpha value is -2.76. The van der Waals surface area contributed by atoms with Crippen LogP contribution in [0.25, 0.3) is 0 Å². The molecule has 11 heteroatoms.